The molecule has 3 rings (SSSR count). The average molecular weight is 305 g/mol. The molecule has 1 aromatic rings. The second kappa shape index (κ2) is 5.68. The van der Waals surface area contributed by atoms with E-state index in [-0.39, 0.29) is 29.3 Å². The first kappa shape index (κ1) is 15.0. The molecule has 2 aliphatic rings. The molecule has 0 saturated carbocycles. The number of aryl methyl sites for hydroxylation is 1. The fourth-order valence-corrected chi connectivity index (χ4v) is 3.14. The van der Waals surface area contributed by atoms with Gasteiger partial charge >= 0.3 is 0 Å². The molecule has 1 saturated heterocycles. The number of fused-ring (bicyclic) bond motifs is 1. The molecule has 2 atom stereocenters. The number of nitrogens with one attached hydrogen (secondary N) is 1. The number of anilines is 1. The van der Waals surface area contributed by atoms with Crippen LogP contribution in [0.15, 0.2) is 12.1 Å². The van der Waals surface area contributed by atoms with E-state index < -0.39 is 5.82 Å². The summed E-state index contributed by atoms with van der Waals surface area (Å²) in [6, 6.07) is 2.85. The van der Waals surface area contributed by atoms with Gasteiger partial charge in [-0.15, -0.1) is 0 Å². The molecule has 5 nitrogen and oxygen atoms in total. The first-order chi connectivity index (χ1) is 10.5. The molecule has 2 heterocycles. The van der Waals surface area contributed by atoms with Crippen LogP contribution in [-0.4, -0.2) is 35.8 Å². The van der Waals surface area contributed by atoms with Gasteiger partial charge in [-0.25, -0.2) is 4.39 Å². The van der Waals surface area contributed by atoms with Gasteiger partial charge in [-0.3, -0.25) is 9.59 Å². The Balaban J connectivity index is 1.83. The minimum atomic E-state index is -0.588. The number of benzene rings is 1. The zero-order valence-corrected chi connectivity index (χ0v) is 12.6. The zero-order chi connectivity index (χ0) is 15.9. The minimum absolute atomic E-state index is 0.0291. The van der Waals surface area contributed by atoms with Gasteiger partial charge in [0.25, 0.3) is 5.91 Å². The zero-order valence-electron chi connectivity index (χ0n) is 12.6. The van der Waals surface area contributed by atoms with Gasteiger partial charge in [0.15, 0.2) is 0 Å². The highest BCUT2D eigenvalue weighted by molar-refractivity contribution is 5.98. The van der Waals surface area contributed by atoms with Crippen LogP contribution in [0.1, 0.15) is 35.7 Å². The Morgan fingerprint density at radius 1 is 1.45 bits per heavy atom. The number of hydrogen-bond acceptors (Lipinski definition) is 3. The van der Waals surface area contributed by atoms with Crippen LogP contribution in [0.5, 0.6) is 0 Å². The van der Waals surface area contributed by atoms with Crippen molar-refractivity contribution in [1.29, 1.82) is 0 Å². The van der Waals surface area contributed by atoms with E-state index in [9.17, 15) is 14.0 Å². The molecule has 118 valence electrons. The number of halogens is 1. The third-order valence-corrected chi connectivity index (χ3v) is 4.57. The summed E-state index contributed by atoms with van der Waals surface area (Å²) in [5, 5.41) is 2.64. The number of nitrogens with two attached hydrogens (primary N) is 1. The van der Waals surface area contributed by atoms with Gasteiger partial charge in [0.05, 0.1) is 5.56 Å². The highest BCUT2D eigenvalue weighted by Gasteiger charge is 2.31. The number of nitrogens with zero attached hydrogens (tertiary/aromatic N) is 1. The van der Waals surface area contributed by atoms with E-state index in [2.05, 4.69) is 5.32 Å². The monoisotopic (exact) mass is 305 g/mol. The van der Waals surface area contributed by atoms with Gasteiger partial charge in [-0.05, 0) is 43.4 Å². The Hall–Kier alpha value is -1.95. The standard InChI is InChI=1S/C16H20FN3O2/c1-9(18)11-4-5-20(8-11)16(22)12-6-10-2-3-15(21)19-14(10)7-13(12)17/h6-7,9,11H,2-5,8,18H2,1H3,(H,19,21). The Morgan fingerprint density at radius 3 is 2.91 bits per heavy atom. The summed E-state index contributed by atoms with van der Waals surface area (Å²) in [6.45, 7) is 3.11. The summed E-state index contributed by atoms with van der Waals surface area (Å²) in [6.07, 6.45) is 1.75. The lowest BCUT2D eigenvalue weighted by Crippen LogP contribution is -2.33. The quantitative estimate of drug-likeness (QED) is 0.870. The van der Waals surface area contributed by atoms with Crippen molar-refractivity contribution in [2.75, 3.05) is 18.4 Å². The van der Waals surface area contributed by atoms with Crippen LogP contribution in [0.2, 0.25) is 0 Å². The van der Waals surface area contributed by atoms with Gasteiger partial charge in [-0.1, -0.05) is 0 Å². The van der Waals surface area contributed by atoms with Gasteiger partial charge in [-0.2, -0.15) is 0 Å². The smallest absolute Gasteiger partial charge is 0.256 e. The number of amides is 2. The molecule has 0 aliphatic carbocycles. The van der Waals surface area contributed by atoms with Crippen molar-refractivity contribution in [2.45, 2.75) is 32.2 Å². The first-order valence-electron chi connectivity index (χ1n) is 7.63. The van der Waals surface area contributed by atoms with Crippen LogP contribution < -0.4 is 11.1 Å². The molecular formula is C16H20FN3O2. The summed E-state index contributed by atoms with van der Waals surface area (Å²) in [7, 11) is 0. The summed E-state index contributed by atoms with van der Waals surface area (Å²) in [5.41, 5.74) is 7.25. The molecule has 6 heteroatoms. The summed E-state index contributed by atoms with van der Waals surface area (Å²) in [4.78, 5) is 25.6. The molecule has 2 unspecified atom stereocenters. The Morgan fingerprint density at radius 2 is 2.23 bits per heavy atom. The third kappa shape index (κ3) is 2.70. The predicted molar refractivity (Wildman–Crippen MR) is 81.0 cm³/mol. The fraction of sp³-hybridized carbons (Fsp3) is 0.500. The normalized spacial score (nSPS) is 22.2. The number of likely N-dealkylation sites (tertiary alicyclic amines) is 1. The van der Waals surface area contributed by atoms with Crippen molar-refractivity contribution in [1.82, 2.24) is 4.90 Å². The van der Waals surface area contributed by atoms with Crippen LogP contribution in [-0.2, 0) is 11.2 Å². The van der Waals surface area contributed by atoms with E-state index in [4.69, 9.17) is 5.73 Å². The van der Waals surface area contributed by atoms with Crippen LogP contribution in [0.3, 0.4) is 0 Å². The molecular weight excluding hydrogens is 285 g/mol. The van der Waals surface area contributed by atoms with Gasteiger partial charge < -0.3 is 16.0 Å². The van der Waals surface area contributed by atoms with E-state index in [1.54, 1.807) is 11.0 Å². The first-order valence-corrected chi connectivity index (χ1v) is 7.63. The Labute approximate surface area is 128 Å². The van der Waals surface area contributed by atoms with Gasteiger partial charge in [0.2, 0.25) is 5.91 Å². The van der Waals surface area contributed by atoms with E-state index in [1.807, 2.05) is 6.92 Å². The predicted octanol–water partition coefficient (Wildman–Crippen LogP) is 1.52. The topological polar surface area (TPSA) is 75.4 Å². The molecule has 1 fully saturated rings. The molecule has 2 amide bonds. The highest BCUT2D eigenvalue weighted by Crippen LogP contribution is 2.28. The third-order valence-electron chi connectivity index (χ3n) is 4.57. The van der Waals surface area contributed by atoms with Crippen molar-refractivity contribution in [3.05, 3.63) is 29.1 Å². The van der Waals surface area contributed by atoms with Crippen molar-refractivity contribution in [2.24, 2.45) is 11.7 Å². The molecule has 0 radical (unpaired) electrons. The van der Waals surface area contributed by atoms with E-state index >= 15 is 0 Å². The summed E-state index contributed by atoms with van der Waals surface area (Å²) < 4.78 is 14.2. The number of hydrogen-bond donors (Lipinski definition) is 2. The number of carbonyl (C=O) groups is 2. The molecule has 3 N–H and O–H groups in total. The van der Waals surface area contributed by atoms with E-state index in [0.717, 1.165) is 12.0 Å². The fourth-order valence-electron chi connectivity index (χ4n) is 3.14. The van der Waals surface area contributed by atoms with Crippen molar-refractivity contribution in [3.8, 4) is 0 Å². The summed E-state index contributed by atoms with van der Waals surface area (Å²) in [5.74, 6) is -0.732. The lowest BCUT2D eigenvalue weighted by molar-refractivity contribution is -0.116. The van der Waals surface area contributed by atoms with Crippen molar-refractivity contribution < 1.29 is 14.0 Å². The molecule has 2 aliphatic heterocycles. The van der Waals surface area contributed by atoms with Crippen LogP contribution in [0.4, 0.5) is 10.1 Å². The Kier molecular flexibility index (Phi) is 3.87. The summed E-state index contributed by atoms with van der Waals surface area (Å²) >= 11 is 0. The van der Waals surface area contributed by atoms with Gasteiger partial charge in [0.1, 0.15) is 5.82 Å². The Bertz CT molecular complexity index is 630. The average Bonchev–Trinajstić information content (AvgIpc) is 2.95. The van der Waals surface area contributed by atoms with Crippen molar-refractivity contribution in [3.63, 3.8) is 0 Å². The van der Waals surface area contributed by atoms with Crippen LogP contribution in [0, 0.1) is 11.7 Å². The van der Waals surface area contributed by atoms with Crippen molar-refractivity contribution >= 4 is 17.5 Å². The molecule has 0 spiro atoms. The maximum Gasteiger partial charge on any atom is 0.256 e. The second-order valence-corrected chi connectivity index (χ2v) is 6.20. The lowest BCUT2D eigenvalue weighted by atomic mass is 9.99. The minimum Gasteiger partial charge on any atom is -0.338 e. The highest BCUT2D eigenvalue weighted by atomic mass is 19.1. The second-order valence-electron chi connectivity index (χ2n) is 6.20. The maximum atomic E-state index is 14.2. The maximum absolute atomic E-state index is 14.2. The van der Waals surface area contributed by atoms with Gasteiger partial charge in [0, 0.05) is 31.2 Å². The lowest BCUT2D eigenvalue weighted by Gasteiger charge is -2.21. The molecule has 0 bridgehead atoms. The largest absolute Gasteiger partial charge is 0.338 e. The number of carbonyl (C=O) groups excluding carboxylic acids is 2. The SMILES string of the molecule is CC(N)C1CCN(C(=O)c2cc3c(cc2F)NC(=O)CC3)C1. The molecule has 22 heavy (non-hydrogen) atoms. The molecule has 0 aromatic heterocycles. The van der Waals surface area contributed by atoms with Crippen LogP contribution >= 0.6 is 0 Å². The molecule has 1 aromatic carbocycles. The van der Waals surface area contributed by atoms with Crippen LogP contribution in [0.25, 0.3) is 0 Å². The van der Waals surface area contributed by atoms with E-state index in [1.165, 1.54) is 6.07 Å². The number of rotatable bonds is 2. The van der Waals surface area contributed by atoms with E-state index in [0.29, 0.717) is 31.6 Å².